The van der Waals surface area contributed by atoms with Gasteiger partial charge in [-0.05, 0) is 30.1 Å². The quantitative estimate of drug-likeness (QED) is 0.594. The third-order valence-corrected chi connectivity index (χ3v) is 4.05. The highest BCUT2D eigenvalue weighted by Gasteiger charge is 2.32. The van der Waals surface area contributed by atoms with Crippen molar-refractivity contribution in [2.75, 3.05) is 5.33 Å². The number of hydrogen-bond acceptors (Lipinski definition) is 0. The second-order valence-corrected chi connectivity index (χ2v) is 5.82. The van der Waals surface area contributed by atoms with Gasteiger partial charge in [-0.2, -0.15) is 0 Å². The number of halogens is 1. The highest BCUT2D eigenvalue weighted by atomic mass is 79.9. The van der Waals surface area contributed by atoms with Crippen molar-refractivity contribution < 1.29 is 0 Å². The molecule has 1 rings (SSSR count). The molecule has 0 aromatic carbocycles. The van der Waals surface area contributed by atoms with Crippen LogP contribution in [0.25, 0.3) is 0 Å². The summed E-state index contributed by atoms with van der Waals surface area (Å²) >= 11 is 3.64. The highest BCUT2D eigenvalue weighted by molar-refractivity contribution is 9.09. The van der Waals surface area contributed by atoms with Crippen molar-refractivity contribution in [2.45, 2.75) is 46.5 Å². The largest absolute Gasteiger partial charge is 0.0925 e. The summed E-state index contributed by atoms with van der Waals surface area (Å²) in [5.74, 6) is 1.87. The summed E-state index contributed by atoms with van der Waals surface area (Å²) in [6, 6.07) is 0. The van der Waals surface area contributed by atoms with Crippen LogP contribution < -0.4 is 0 Å². The molecule has 0 spiro atoms. The molecule has 1 aliphatic carbocycles. The molecule has 0 N–H and O–H groups in total. The fraction of sp³-hybridized carbons (Fsp3) is 1.00. The van der Waals surface area contributed by atoms with E-state index in [0.29, 0.717) is 5.41 Å². The van der Waals surface area contributed by atoms with Crippen molar-refractivity contribution in [1.82, 2.24) is 0 Å². The van der Waals surface area contributed by atoms with Gasteiger partial charge in [-0.15, -0.1) is 0 Å². The van der Waals surface area contributed by atoms with E-state index in [1.165, 1.54) is 31.0 Å². The first-order valence-corrected chi connectivity index (χ1v) is 6.24. The minimum Gasteiger partial charge on any atom is -0.0925 e. The number of alkyl halides is 1. The van der Waals surface area contributed by atoms with Gasteiger partial charge in [-0.1, -0.05) is 49.5 Å². The van der Waals surface area contributed by atoms with E-state index < -0.39 is 0 Å². The zero-order chi connectivity index (χ0) is 9.19. The van der Waals surface area contributed by atoms with Gasteiger partial charge in [0.2, 0.25) is 0 Å². The monoisotopic (exact) mass is 232 g/mol. The van der Waals surface area contributed by atoms with Crippen molar-refractivity contribution in [3.63, 3.8) is 0 Å². The maximum absolute atomic E-state index is 3.64. The lowest BCUT2D eigenvalue weighted by molar-refractivity contribution is 0.122. The molecule has 1 heteroatoms. The van der Waals surface area contributed by atoms with Crippen LogP contribution in [0.1, 0.15) is 46.5 Å². The topological polar surface area (TPSA) is 0 Å². The Morgan fingerprint density at radius 3 is 2.17 bits per heavy atom. The Kier molecular flexibility index (Phi) is 3.63. The molecule has 0 radical (unpaired) electrons. The lowest BCUT2D eigenvalue weighted by Crippen LogP contribution is -2.31. The third-order valence-electron chi connectivity index (χ3n) is 3.22. The van der Waals surface area contributed by atoms with Crippen LogP contribution in [0.3, 0.4) is 0 Å². The average molecular weight is 233 g/mol. The summed E-state index contributed by atoms with van der Waals surface area (Å²) in [5.41, 5.74) is 0.513. The normalized spacial score (nSPS) is 32.0. The zero-order valence-corrected chi connectivity index (χ0v) is 10.2. The first kappa shape index (κ1) is 10.6. The van der Waals surface area contributed by atoms with Crippen LogP contribution in [-0.2, 0) is 0 Å². The third kappa shape index (κ3) is 2.48. The van der Waals surface area contributed by atoms with Crippen LogP contribution in [0.5, 0.6) is 0 Å². The Balaban J connectivity index is 2.59. The fourth-order valence-corrected chi connectivity index (χ4v) is 3.31. The predicted octanol–water partition coefficient (Wildman–Crippen LogP) is 4.23. The molecule has 0 heterocycles. The van der Waals surface area contributed by atoms with Crippen LogP contribution >= 0.6 is 15.9 Å². The summed E-state index contributed by atoms with van der Waals surface area (Å²) in [6.07, 6.45) is 5.78. The van der Waals surface area contributed by atoms with Crippen LogP contribution in [0, 0.1) is 17.3 Å². The molecule has 0 saturated heterocycles. The molecule has 0 aliphatic heterocycles. The van der Waals surface area contributed by atoms with Crippen molar-refractivity contribution in [1.29, 1.82) is 0 Å². The molecule has 0 bridgehead atoms. The molecular weight excluding hydrogens is 212 g/mol. The Labute approximate surface area is 85.3 Å². The van der Waals surface area contributed by atoms with E-state index in [0.717, 1.165) is 11.8 Å². The Morgan fingerprint density at radius 1 is 1.17 bits per heavy atom. The first-order chi connectivity index (χ1) is 5.55. The molecule has 12 heavy (non-hydrogen) atoms. The second kappa shape index (κ2) is 4.13. The molecule has 1 saturated carbocycles. The molecule has 72 valence electrons. The van der Waals surface area contributed by atoms with Crippen LogP contribution in [0.4, 0.5) is 0 Å². The van der Waals surface area contributed by atoms with Gasteiger partial charge in [-0.3, -0.25) is 0 Å². The summed E-state index contributed by atoms with van der Waals surface area (Å²) in [6.45, 7) is 7.16. The smallest absolute Gasteiger partial charge is 0.00625 e. The van der Waals surface area contributed by atoms with Crippen molar-refractivity contribution in [2.24, 2.45) is 17.3 Å². The Morgan fingerprint density at radius 2 is 1.75 bits per heavy atom. The van der Waals surface area contributed by atoms with E-state index in [1.807, 2.05) is 0 Å². The van der Waals surface area contributed by atoms with Crippen LogP contribution in [0.2, 0.25) is 0 Å². The van der Waals surface area contributed by atoms with Crippen molar-refractivity contribution in [3.8, 4) is 0 Å². The Bertz CT molecular complexity index is 134. The van der Waals surface area contributed by atoms with Crippen LogP contribution in [-0.4, -0.2) is 5.33 Å². The summed E-state index contributed by atoms with van der Waals surface area (Å²) in [7, 11) is 0. The van der Waals surface area contributed by atoms with Crippen LogP contribution in [0.15, 0.2) is 0 Å². The minimum absolute atomic E-state index is 0.513. The van der Waals surface area contributed by atoms with Gasteiger partial charge < -0.3 is 0 Å². The zero-order valence-electron chi connectivity index (χ0n) is 8.57. The molecule has 0 aromatic heterocycles. The molecule has 0 nitrogen and oxygen atoms in total. The predicted molar refractivity (Wildman–Crippen MR) is 58.7 cm³/mol. The first-order valence-electron chi connectivity index (χ1n) is 5.11. The van der Waals surface area contributed by atoms with E-state index >= 15 is 0 Å². The minimum atomic E-state index is 0.513. The maximum Gasteiger partial charge on any atom is 0.00625 e. The van der Waals surface area contributed by atoms with Gasteiger partial charge in [0.15, 0.2) is 0 Å². The molecule has 1 fully saturated rings. The molecule has 0 aromatic rings. The number of hydrogen-bond donors (Lipinski definition) is 0. The van der Waals surface area contributed by atoms with E-state index in [1.54, 1.807) is 0 Å². The van der Waals surface area contributed by atoms with Gasteiger partial charge in [0.05, 0.1) is 0 Å². The van der Waals surface area contributed by atoms with Gasteiger partial charge >= 0.3 is 0 Å². The molecule has 1 aliphatic rings. The molecule has 2 unspecified atom stereocenters. The lowest BCUT2D eigenvalue weighted by Gasteiger charge is -2.39. The van der Waals surface area contributed by atoms with Gasteiger partial charge in [0.25, 0.3) is 0 Å². The molecule has 2 atom stereocenters. The van der Waals surface area contributed by atoms with E-state index in [2.05, 4.69) is 36.7 Å². The lowest BCUT2D eigenvalue weighted by atomic mass is 9.67. The van der Waals surface area contributed by atoms with Crippen molar-refractivity contribution >= 4 is 15.9 Å². The standard InChI is InChI=1S/C11H21Br/c1-11(2,3)10-7-5-4-6-9(10)8-12/h9-10H,4-8H2,1-3H3. The van der Waals surface area contributed by atoms with Gasteiger partial charge in [-0.25, -0.2) is 0 Å². The van der Waals surface area contributed by atoms with Gasteiger partial charge in [0, 0.05) is 5.33 Å². The Hall–Kier alpha value is 0.480. The molecule has 0 amide bonds. The molecular formula is C11H21Br. The van der Waals surface area contributed by atoms with E-state index in [9.17, 15) is 0 Å². The van der Waals surface area contributed by atoms with Gasteiger partial charge in [0.1, 0.15) is 0 Å². The maximum atomic E-state index is 3.64. The highest BCUT2D eigenvalue weighted by Crippen LogP contribution is 2.42. The summed E-state index contributed by atoms with van der Waals surface area (Å²) < 4.78 is 0. The van der Waals surface area contributed by atoms with E-state index in [4.69, 9.17) is 0 Å². The van der Waals surface area contributed by atoms with Crippen molar-refractivity contribution in [3.05, 3.63) is 0 Å². The number of rotatable bonds is 1. The fourth-order valence-electron chi connectivity index (χ4n) is 2.53. The second-order valence-electron chi connectivity index (χ2n) is 5.17. The van der Waals surface area contributed by atoms with E-state index in [-0.39, 0.29) is 0 Å². The summed E-state index contributed by atoms with van der Waals surface area (Å²) in [5, 5.41) is 1.20. The average Bonchev–Trinajstić information content (AvgIpc) is 2.03. The summed E-state index contributed by atoms with van der Waals surface area (Å²) in [4.78, 5) is 0. The SMILES string of the molecule is CC(C)(C)C1CCCCC1CBr.